The molecule has 0 amide bonds. The summed E-state index contributed by atoms with van der Waals surface area (Å²) in [6.45, 7) is 0. The van der Waals surface area contributed by atoms with E-state index >= 15 is 0 Å². The predicted molar refractivity (Wildman–Crippen MR) is 107 cm³/mol. The molecule has 2 aromatic carbocycles. The van der Waals surface area contributed by atoms with E-state index in [2.05, 4.69) is 11.1 Å². The highest BCUT2D eigenvalue weighted by Crippen LogP contribution is 2.31. The summed E-state index contributed by atoms with van der Waals surface area (Å²) in [6, 6.07) is 13.7. The lowest BCUT2D eigenvalue weighted by atomic mass is 10.1. The zero-order valence-electron chi connectivity index (χ0n) is 15.1. The molecule has 0 fully saturated rings. The molecule has 0 spiro atoms. The number of non-ortho nitro benzene ring substituents is 1. The van der Waals surface area contributed by atoms with E-state index < -0.39 is 4.92 Å². The Hall–Kier alpha value is -3.70. The lowest BCUT2D eigenvalue weighted by Gasteiger charge is -2.07. The number of thiazole rings is 1. The number of nitriles is 1. The predicted octanol–water partition coefficient (Wildman–Crippen LogP) is 4.80. The van der Waals surface area contributed by atoms with Crippen LogP contribution in [-0.2, 0) is 0 Å². The molecule has 0 saturated carbocycles. The molecule has 0 atom stereocenters. The molecule has 1 aromatic heterocycles. The molecule has 0 saturated heterocycles. The topological polar surface area (TPSA) is 98.3 Å². The molecule has 0 bridgehead atoms. The number of benzene rings is 2. The summed E-state index contributed by atoms with van der Waals surface area (Å²) in [5.74, 6) is 1.17. The minimum Gasteiger partial charge on any atom is -0.493 e. The van der Waals surface area contributed by atoms with Gasteiger partial charge in [-0.25, -0.2) is 4.98 Å². The number of nitrogens with zero attached hydrogens (tertiary/aromatic N) is 3. The van der Waals surface area contributed by atoms with Gasteiger partial charge in [0.25, 0.3) is 5.69 Å². The van der Waals surface area contributed by atoms with Crippen molar-refractivity contribution in [2.24, 2.45) is 0 Å². The molecule has 0 unspecified atom stereocenters. The minimum absolute atomic E-state index is 0.0188. The van der Waals surface area contributed by atoms with Crippen LogP contribution in [0.25, 0.3) is 22.9 Å². The van der Waals surface area contributed by atoms with E-state index in [1.165, 1.54) is 23.5 Å². The largest absolute Gasteiger partial charge is 0.493 e. The lowest BCUT2D eigenvalue weighted by molar-refractivity contribution is -0.384. The zero-order chi connectivity index (χ0) is 20.1. The molecule has 0 N–H and O–H groups in total. The molecule has 140 valence electrons. The SMILES string of the molecule is COc1ccc(/C=C(\C#N)c2nc(-c3ccc([N+](=O)[O-])cc3)cs2)cc1OC. The maximum absolute atomic E-state index is 10.8. The second-order valence-corrected chi connectivity index (χ2v) is 6.48. The number of ether oxygens (including phenoxy) is 2. The van der Waals surface area contributed by atoms with Crippen LogP contribution >= 0.6 is 11.3 Å². The third-order valence-electron chi connectivity index (χ3n) is 3.95. The van der Waals surface area contributed by atoms with Crippen LogP contribution in [0.3, 0.4) is 0 Å². The van der Waals surface area contributed by atoms with Gasteiger partial charge in [-0.1, -0.05) is 6.07 Å². The summed E-state index contributed by atoms with van der Waals surface area (Å²) >= 11 is 1.33. The molecular formula is C20H15N3O4S. The first kappa shape index (κ1) is 19.1. The van der Waals surface area contributed by atoms with E-state index in [0.29, 0.717) is 27.8 Å². The van der Waals surface area contributed by atoms with E-state index in [4.69, 9.17) is 9.47 Å². The molecule has 1 heterocycles. The van der Waals surface area contributed by atoms with Crippen molar-refractivity contribution in [1.29, 1.82) is 5.26 Å². The molecule has 0 aliphatic carbocycles. The molecule has 0 radical (unpaired) electrons. The van der Waals surface area contributed by atoms with Crippen molar-refractivity contribution in [1.82, 2.24) is 4.98 Å². The molecule has 0 aliphatic heterocycles. The summed E-state index contributed by atoms with van der Waals surface area (Å²) in [5, 5.41) is 22.7. The Morgan fingerprint density at radius 1 is 1.18 bits per heavy atom. The molecular weight excluding hydrogens is 378 g/mol. The van der Waals surface area contributed by atoms with Crippen molar-refractivity contribution in [2.45, 2.75) is 0 Å². The fourth-order valence-corrected chi connectivity index (χ4v) is 3.33. The van der Waals surface area contributed by atoms with Gasteiger partial charge in [-0.3, -0.25) is 10.1 Å². The zero-order valence-corrected chi connectivity index (χ0v) is 15.9. The van der Waals surface area contributed by atoms with Gasteiger partial charge in [-0.05, 0) is 35.9 Å². The van der Waals surface area contributed by atoms with Gasteiger partial charge in [0, 0.05) is 23.1 Å². The summed E-state index contributed by atoms with van der Waals surface area (Å²) in [7, 11) is 3.11. The molecule has 3 aromatic rings. The fraction of sp³-hybridized carbons (Fsp3) is 0.100. The Balaban J connectivity index is 1.91. The Morgan fingerprint density at radius 2 is 1.89 bits per heavy atom. The highest BCUT2D eigenvalue weighted by atomic mass is 32.1. The van der Waals surface area contributed by atoms with Crippen LogP contribution in [-0.4, -0.2) is 24.1 Å². The van der Waals surface area contributed by atoms with Crippen LogP contribution in [0.4, 0.5) is 5.69 Å². The van der Waals surface area contributed by atoms with Crippen LogP contribution in [0.5, 0.6) is 11.5 Å². The summed E-state index contributed by atoms with van der Waals surface area (Å²) in [6.07, 6.45) is 1.72. The number of nitro benzene ring substituents is 1. The van der Waals surface area contributed by atoms with Crippen LogP contribution in [0.15, 0.2) is 47.8 Å². The van der Waals surface area contributed by atoms with Crippen molar-refractivity contribution in [3.63, 3.8) is 0 Å². The fourth-order valence-electron chi connectivity index (χ4n) is 2.54. The van der Waals surface area contributed by atoms with Gasteiger partial charge in [0.15, 0.2) is 11.5 Å². The Labute approximate surface area is 165 Å². The Bertz CT molecular complexity index is 1080. The van der Waals surface area contributed by atoms with E-state index in [0.717, 1.165) is 11.1 Å². The second-order valence-electron chi connectivity index (χ2n) is 5.63. The van der Waals surface area contributed by atoms with E-state index in [9.17, 15) is 15.4 Å². The summed E-state index contributed by atoms with van der Waals surface area (Å²) < 4.78 is 10.5. The first-order valence-corrected chi connectivity index (χ1v) is 8.98. The van der Waals surface area contributed by atoms with Crippen molar-refractivity contribution < 1.29 is 14.4 Å². The average Bonchev–Trinajstić information content (AvgIpc) is 3.21. The second kappa shape index (κ2) is 8.33. The Morgan fingerprint density at radius 3 is 2.50 bits per heavy atom. The number of aromatic nitrogens is 1. The van der Waals surface area contributed by atoms with Gasteiger partial charge in [0.05, 0.1) is 30.4 Å². The standard InChI is InChI=1S/C20H15N3O4S/c1-26-18-8-3-13(10-19(18)27-2)9-15(11-21)20-22-17(12-28-20)14-4-6-16(7-5-14)23(24)25/h3-10,12H,1-2H3/b15-9+. The van der Waals surface area contributed by atoms with Crippen molar-refractivity contribution in [3.8, 4) is 28.8 Å². The van der Waals surface area contributed by atoms with Gasteiger partial charge in [-0.15, -0.1) is 11.3 Å². The van der Waals surface area contributed by atoms with Crippen molar-refractivity contribution >= 4 is 28.7 Å². The van der Waals surface area contributed by atoms with Gasteiger partial charge < -0.3 is 9.47 Å². The number of hydrogen-bond acceptors (Lipinski definition) is 7. The number of nitro groups is 1. The van der Waals surface area contributed by atoms with Crippen LogP contribution in [0, 0.1) is 21.4 Å². The lowest BCUT2D eigenvalue weighted by Crippen LogP contribution is -1.91. The van der Waals surface area contributed by atoms with Gasteiger partial charge in [0.1, 0.15) is 11.1 Å². The summed E-state index contributed by atoms with van der Waals surface area (Å²) in [5.41, 5.74) is 2.61. The van der Waals surface area contributed by atoms with Crippen LogP contribution in [0.2, 0.25) is 0 Å². The van der Waals surface area contributed by atoms with E-state index in [1.807, 2.05) is 11.4 Å². The number of methoxy groups -OCH3 is 2. The average molecular weight is 393 g/mol. The van der Waals surface area contributed by atoms with E-state index in [-0.39, 0.29) is 5.69 Å². The first-order valence-electron chi connectivity index (χ1n) is 8.10. The molecule has 8 heteroatoms. The van der Waals surface area contributed by atoms with Crippen molar-refractivity contribution in [3.05, 3.63) is 68.5 Å². The number of hydrogen-bond donors (Lipinski definition) is 0. The first-order chi connectivity index (χ1) is 13.5. The molecule has 0 aliphatic rings. The maximum Gasteiger partial charge on any atom is 0.269 e. The third kappa shape index (κ3) is 4.00. The van der Waals surface area contributed by atoms with Crippen molar-refractivity contribution in [2.75, 3.05) is 14.2 Å². The normalized spacial score (nSPS) is 11.0. The monoisotopic (exact) mass is 393 g/mol. The smallest absolute Gasteiger partial charge is 0.269 e. The summed E-state index contributed by atoms with van der Waals surface area (Å²) in [4.78, 5) is 14.8. The molecule has 7 nitrogen and oxygen atoms in total. The van der Waals surface area contributed by atoms with Gasteiger partial charge in [-0.2, -0.15) is 5.26 Å². The quantitative estimate of drug-likeness (QED) is 0.339. The minimum atomic E-state index is -0.449. The maximum atomic E-state index is 10.8. The molecule has 28 heavy (non-hydrogen) atoms. The van der Waals surface area contributed by atoms with Crippen LogP contribution < -0.4 is 9.47 Å². The third-order valence-corrected chi connectivity index (χ3v) is 4.82. The van der Waals surface area contributed by atoms with Gasteiger partial charge >= 0.3 is 0 Å². The van der Waals surface area contributed by atoms with Crippen LogP contribution in [0.1, 0.15) is 10.6 Å². The number of rotatable bonds is 6. The van der Waals surface area contributed by atoms with Gasteiger partial charge in [0.2, 0.25) is 0 Å². The Kier molecular flexibility index (Phi) is 5.67. The highest BCUT2D eigenvalue weighted by Gasteiger charge is 2.12. The van der Waals surface area contributed by atoms with E-state index in [1.54, 1.807) is 44.6 Å². The highest BCUT2D eigenvalue weighted by molar-refractivity contribution is 7.11. The molecule has 3 rings (SSSR count). The number of allylic oxidation sites excluding steroid dienone is 1.